The van der Waals surface area contributed by atoms with Crippen LogP contribution in [-0.2, 0) is 10.3 Å². The Kier molecular flexibility index (Phi) is 7.54. The van der Waals surface area contributed by atoms with Crippen molar-refractivity contribution in [1.29, 1.82) is 0 Å². The molecule has 41 heavy (non-hydrogen) atoms. The van der Waals surface area contributed by atoms with E-state index >= 15 is 0 Å². The summed E-state index contributed by atoms with van der Waals surface area (Å²) >= 11 is 0. The molecule has 1 saturated heterocycles. The summed E-state index contributed by atoms with van der Waals surface area (Å²) in [6.45, 7) is 2.27. The van der Waals surface area contributed by atoms with Crippen LogP contribution in [0.2, 0.25) is 0 Å². The van der Waals surface area contributed by atoms with E-state index in [2.05, 4.69) is 51.4 Å². The van der Waals surface area contributed by atoms with E-state index in [9.17, 15) is 9.59 Å². The molecule has 1 fully saturated rings. The maximum Gasteiger partial charge on any atom is 0.356 e. The Morgan fingerprint density at radius 2 is 1.15 bits per heavy atom. The summed E-state index contributed by atoms with van der Waals surface area (Å²) in [5.74, 6) is 0.0126. The van der Waals surface area contributed by atoms with Crippen LogP contribution >= 0.6 is 0 Å². The van der Waals surface area contributed by atoms with Crippen LogP contribution < -0.4 is 10.7 Å². The standard InChI is InChI=1S/C34H30N4O3/c39-32(27-13-5-1-6-14-27)37-22-21-31(35-33(37)40)38(36-23-25-41-26-24-36)34(28-15-7-2-8-16-28,29-17-9-3-10-18-29)30-19-11-4-12-20-30/h1-22H,23-26H2. The van der Waals surface area contributed by atoms with Crippen molar-refractivity contribution in [2.24, 2.45) is 0 Å². The summed E-state index contributed by atoms with van der Waals surface area (Å²) in [5, 5.41) is 4.32. The van der Waals surface area contributed by atoms with E-state index in [0.717, 1.165) is 21.3 Å². The van der Waals surface area contributed by atoms with Crippen LogP contribution in [0.3, 0.4) is 0 Å². The Morgan fingerprint density at radius 3 is 1.61 bits per heavy atom. The lowest BCUT2D eigenvalue weighted by molar-refractivity contribution is 0.0223. The number of morpholine rings is 1. The molecule has 5 aromatic rings. The minimum atomic E-state index is -0.893. The third-order valence-corrected chi connectivity index (χ3v) is 7.41. The Morgan fingerprint density at radius 1 is 0.683 bits per heavy atom. The molecular weight excluding hydrogens is 512 g/mol. The number of ether oxygens (including phenoxy) is 1. The molecule has 0 bridgehead atoms. The summed E-state index contributed by atoms with van der Waals surface area (Å²) in [6.07, 6.45) is 1.53. The number of rotatable bonds is 7. The summed E-state index contributed by atoms with van der Waals surface area (Å²) in [7, 11) is 0. The molecule has 7 nitrogen and oxygen atoms in total. The molecule has 0 aliphatic carbocycles. The van der Waals surface area contributed by atoms with Crippen molar-refractivity contribution < 1.29 is 9.53 Å². The van der Waals surface area contributed by atoms with Gasteiger partial charge in [-0.25, -0.2) is 14.4 Å². The first-order valence-electron chi connectivity index (χ1n) is 13.7. The highest BCUT2D eigenvalue weighted by Crippen LogP contribution is 2.45. The van der Waals surface area contributed by atoms with Crippen LogP contribution in [0.5, 0.6) is 0 Å². The van der Waals surface area contributed by atoms with E-state index in [0.29, 0.717) is 37.7 Å². The van der Waals surface area contributed by atoms with Crippen molar-refractivity contribution in [1.82, 2.24) is 14.6 Å². The average Bonchev–Trinajstić information content (AvgIpc) is 3.05. The summed E-state index contributed by atoms with van der Waals surface area (Å²) in [5.41, 5.74) is 1.91. The molecule has 6 rings (SSSR count). The highest BCUT2D eigenvalue weighted by molar-refractivity contribution is 5.95. The van der Waals surface area contributed by atoms with Gasteiger partial charge in [-0.15, -0.1) is 0 Å². The van der Waals surface area contributed by atoms with Crippen LogP contribution in [0.25, 0.3) is 0 Å². The maximum absolute atomic E-state index is 13.5. The van der Waals surface area contributed by atoms with Gasteiger partial charge in [0.05, 0.1) is 13.2 Å². The van der Waals surface area contributed by atoms with Crippen molar-refractivity contribution >= 4 is 11.7 Å². The van der Waals surface area contributed by atoms with Gasteiger partial charge in [0.2, 0.25) is 0 Å². The minimum absolute atomic E-state index is 0.418. The average molecular weight is 543 g/mol. The van der Waals surface area contributed by atoms with Crippen LogP contribution in [0.4, 0.5) is 5.82 Å². The topological polar surface area (TPSA) is 67.7 Å². The second kappa shape index (κ2) is 11.7. The third kappa shape index (κ3) is 4.97. The number of carbonyl (C=O) groups is 1. The van der Waals surface area contributed by atoms with Crippen molar-refractivity contribution in [3.63, 3.8) is 0 Å². The van der Waals surface area contributed by atoms with E-state index in [-0.39, 0.29) is 0 Å². The van der Waals surface area contributed by atoms with E-state index in [1.54, 1.807) is 30.3 Å². The van der Waals surface area contributed by atoms with Gasteiger partial charge in [0, 0.05) is 24.8 Å². The van der Waals surface area contributed by atoms with Crippen molar-refractivity contribution in [3.8, 4) is 0 Å². The van der Waals surface area contributed by atoms with Gasteiger partial charge in [-0.2, -0.15) is 4.98 Å². The van der Waals surface area contributed by atoms with E-state index < -0.39 is 17.1 Å². The number of aromatic nitrogens is 2. The largest absolute Gasteiger partial charge is 0.379 e. The fourth-order valence-corrected chi connectivity index (χ4v) is 5.57. The second-order valence-corrected chi connectivity index (χ2v) is 9.80. The van der Waals surface area contributed by atoms with Gasteiger partial charge in [-0.3, -0.25) is 9.80 Å². The Balaban J connectivity index is 1.62. The van der Waals surface area contributed by atoms with E-state index in [1.165, 1.54) is 6.20 Å². The quantitative estimate of drug-likeness (QED) is 0.271. The molecule has 1 aliphatic heterocycles. The fraction of sp³-hybridized carbons (Fsp3) is 0.147. The first-order chi connectivity index (χ1) is 20.2. The van der Waals surface area contributed by atoms with Gasteiger partial charge >= 0.3 is 5.69 Å². The summed E-state index contributed by atoms with van der Waals surface area (Å²) < 4.78 is 6.80. The van der Waals surface area contributed by atoms with Crippen molar-refractivity contribution in [2.45, 2.75) is 5.54 Å². The third-order valence-electron chi connectivity index (χ3n) is 7.41. The Bertz CT molecular complexity index is 1560. The van der Waals surface area contributed by atoms with Gasteiger partial charge in [-0.05, 0) is 34.9 Å². The van der Waals surface area contributed by atoms with Crippen molar-refractivity contribution in [3.05, 3.63) is 166 Å². The number of hydrogen-bond acceptors (Lipinski definition) is 6. The predicted octanol–water partition coefficient (Wildman–Crippen LogP) is 4.98. The van der Waals surface area contributed by atoms with Gasteiger partial charge in [0.25, 0.3) is 5.91 Å². The second-order valence-electron chi connectivity index (χ2n) is 9.80. The molecule has 4 aromatic carbocycles. The number of anilines is 1. The molecule has 0 N–H and O–H groups in total. The molecule has 0 amide bonds. The van der Waals surface area contributed by atoms with Gasteiger partial charge in [0.15, 0.2) is 5.82 Å². The molecular formula is C34H30N4O3. The number of hydrogen-bond donors (Lipinski definition) is 0. The molecule has 204 valence electrons. The van der Waals surface area contributed by atoms with Gasteiger partial charge in [-0.1, -0.05) is 109 Å². The Hall–Kier alpha value is -4.85. The zero-order valence-electron chi connectivity index (χ0n) is 22.5. The summed E-state index contributed by atoms with van der Waals surface area (Å²) in [6, 6.07) is 41.3. The molecule has 0 radical (unpaired) electrons. The lowest BCUT2D eigenvalue weighted by Gasteiger charge is -2.51. The lowest BCUT2D eigenvalue weighted by Crippen LogP contribution is -2.60. The van der Waals surface area contributed by atoms with Crippen LogP contribution in [0.1, 0.15) is 27.0 Å². The van der Waals surface area contributed by atoms with Crippen LogP contribution in [0, 0.1) is 0 Å². The highest BCUT2D eigenvalue weighted by Gasteiger charge is 2.46. The maximum atomic E-state index is 13.5. The normalized spacial score (nSPS) is 14.0. The molecule has 0 unspecified atom stereocenters. The summed E-state index contributed by atoms with van der Waals surface area (Å²) in [4.78, 5) is 31.3. The lowest BCUT2D eigenvalue weighted by atomic mass is 9.76. The molecule has 1 aromatic heterocycles. The first kappa shape index (κ1) is 26.4. The first-order valence-corrected chi connectivity index (χ1v) is 13.7. The van der Waals surface area contributed by atoms with E-state index in [4.69, 9.17) is 4.74 Å². The highest BCUT2D eigenvalue weighted by atomic mass is 16.5. The molecule has 0 atom stereocenters. The fourth-order valence-electron chi connectivity index (χ4n) is 5.57. The number of benzene rings is 4. The van der Waals surface area contributed by atoms with Crippen molar-refractivity contribution in [2.75, 3.05) is 31.3 Å². The van der Waals surface area contributed by atoms with Crippen LogP contribution in [-0.4, -0.2) is 46.8 Å². The van der Waals surface area contributed by atoms with E-state index in [1.807, 2.05) is 60.7 Å². The molecule has 7 heteroatoms. The number of nitrogens with zero attached hydrogens (tertiary/aromatic N) is 4. The molecule has 2 heterocycles. The van der Waals surface area contributed by atoms with Gasteiger partial charge < -0.3 is 4.74 Å². The number of hydrazine groups is 1. The number of carbonyl (C=O) groups excluding carboxylic acids is 1. The monoisotopic (exact) mass is 542 g/mol. The molecule has 0 spiro atoms. The zero-order chi connectivity index (χ0) is 28.1. The van der Waals surface area contributed by atoms with Crippen LogP contribution in [0.15, 0.2) is 138 Å². The zero-order valence-corrected chi connectivity index (χ0v) is 22.5. The Labute approximate surface area is 238 Å². The smallest absolute Gasteiger partial charge is 0.356 e. The molecule has 0 saturated carbocycles. The van der Waals surface area contributed by atoms with Gasteiger partial charge in [0.1, 0.15) is 5.54 Å². The SMILES string of the molecule is O=C(c1ccccc1)n1ccc(N(N2CCOCC2)C(c2ccccc2)(c2ccccc2)c2ccccc2)nc1=O. The minimum Gasteiger partial charge on any atom is -0.379 e. The molecule has 1 aliphatic rings. The predicted molar refractivity (Wildman–Crippen MR) is 159 cm³/mol.